The van der Waals surface area contributed by atoms with E-state index in [1.807, 2.05) is 30.3 Å². The molecule has 0 saturated carbocycles. The van der Waals surface area contributed by atoms with Crippen molar-refractivity contribution in [2.45, 2.75) is 39.2 Å². The van der Waals surface area contributed by atoms with Crippen LogP contribution in [0.15, 0.2) is 46.9 Å². The Morgan fingerprint density at radius 2 is 1.76 bits per heavy atom. The summed E-state index contributed by atoms with van der Waals surface area (Å²) in [6.07, 6.45) is 1.11. The number of hydrogen-bond acceptors (Lipinski definition) is 2. The van der Waals surface area contributed by atoms with Gasteiger partial charge in [-0.3, -0.25) is 0 Å². The molecule has 2 nitrogen and oxygen atoms in total. The van der Waals surface area contributed by atoms with Crippen LogP contribution in [-0.4, -0.2) is 0 Å². The highest BCUT2D eigenvalue weighted by molar-refractivity contribution is 9.10. The van der Waals surface area contributed by atoms with Crippen molar-refractivity contribution in [1.82, 2.24) is 0 Å². The van der Waals surface area contributed by atoms with E-state index < -0.39 is 0 Å². The maximum absolute atomic E-state index is 5.96. The summed E-state index contributed by atoms with van der Waals surface area (Å²) in [5.41, 5.74) is 8.28. The summed E-state index contributed by atoms with van der Waals surface area (Å²) in [5, 5.41) is 0. The van der Waals surface area contributed by atoms with E-state index in [0.29, 0.717) is 6.54 Å². The molecule has 0 saturated heterocycles. The molecule has 2 aromatic carbocycles. The standard InChI is InChI=1S/C18H22BrNO/c1-4-18(2,3)14-5-8-16(9-6-14)21-17-10-7-15(19)11-13(17)12-20/h5-11H,4,12,20H2,1-3H3. The number of ether oxygens (including phenoxy) is 1. The highest BCUT2D eigenvalue weighted by Gasteiger charge is 2.17. The Morgan fingerprint density at radius 3 is 2.33 bits per heavy atom. The second kappa shape index (κ2) is 6.63. The van der Waals surface area contributed by atoms with E-state index >= 15 is 0 Å². The average Bonchev–Trinajstić information content (AvgIpc) is 2.49. The van der Waals surface area contributed by atoms with Gasteiger partial charge in [0.2, 0.25) is 0 Å². The molecular weight excluding hydrogens is 326 g/mol. The van der Waals surface area contributed by atoms with Crippen LogP contribution in [0, 0.1) is 0 Å². The van der Waals surface area contributed by atoms with E-state index in [1.165, 1.54) is 5.56 Å². The van der Waals surface area contributed by atoms with Crippen LogP contribution in [0.4, 0.5) is 0 Å². The predicted octanol–water partition coefficient (Wildman–Crippen LogP) is 5.39. The third-order valence-corrected chi connectivity index (χ3v) is 4.48. The van der Waals surface area contributed by atoms with Gasteiger partial charge in [-0.2, -0.15) is 0 Å². The second-order valence-electron chi connectivity index (χ2n) is 5.82. The Morgan fingerprint density at radius 1 is 1.10 bits per heavy atom. The Hall–Kier alpha value is -1.32. The SMILES string of the molecule is CCC(C)(C)c1ccc(Oc2ccc(Br)cc2CN)cc1. The molecule has 0 radical (unpaired) electrons. The number of benzene rings is 2. The molecule has 0 amide bonds. The van der Waals surface area contributed by atoms with Crippen molar-refractivity contribution in [2.75, 3.05) is 0 Å². The van der Waals surface area contributed by atoms with Crippen molar-refractivity contribution in [3.05, 3.63) is 58.1 Å². The minimum atomic E-state index is 0.193. The first kappa shape index (κ1) is 16.1. The van der Waals surface area contributed by atoms with Gasteiger partial charge in [0, 0.05) is 16.6 Å². The van der Waals surface area contributed by atoms with Gasteiger partial charge in [-0.15, -0.1) is 0 Å². The number of halogens is 1. The van der Waals surface area contributed by atoms with Crippen LogP contribution in [0.25, 0.3) is 0 Å². The largest absolute Gasteiger partial charge is 0.457 e. The van der Waals surface area contributed by atoms with Gasteiger partial charge in [-0.05, 0) is 47.7 Å². The van der Waals surface area contributed by atoms with Crippen LogP contribution in [0.2, 0.25) is 0 Å². The van der Waals surface area contributed by atoms with Crippen LogP contribution in [0.3, 0.4) is 0 Å². The van der Waals surface area contributed by atoms with Crippen LogP contribution in [0.1, 0.15) is 38.3 Å². The van der Waals surface area contributed by atoms with Crippen molar-refractivity contribution in [3.63, 3.8) is 0 Å². The molecule has 0 aromatic heterocycles. The highest BCUT2D eigenvalue weighted by atomic mass is 79.9. The van der Waals surface area contributed by atoms with E-state index in [1.54, 1.807) is 0 Å². The molecule has 0 aliphatic carbocycles. The summed E-state index contributed by atoms with van der Waals surface area (Å²) in [7, 11) is 0. The summed E-state index contributed by atoms with van der Waals surface area (Å²) in [4.78, 5) is 0. The number of hydrogen-bond donors (Lipinski definition) is 1. The van der Waals surface area contributed by atoms with Crippen molar-refractivity contribution >= 4 is 15.9 Å². The van der Waals surface area contributed by atoms with Crippen molar-refractivity contribution < 1.29 is 4.74 Å². The minimum Gasteiger partial charge on any atom is -0.457 e. The smallest absolute Gasteiger partial charge is 0.131 e. The van der Waals surface area contributed by atoms with Gasteiger partial charge in [-0.25, -0.2) is 0 Å². The lowest BCUT2D eigenvalue weighted by molar-refractivity contribution is 0.472. The highest BCUT2D eigenvalue weighted by Crippen LogP contribution is 2.31. The van der Waals surface area contributed by atoms with Gasteiger partial charge in [0.15, 0.2) is 0 Å². The van der Waals surface area contributed by atoms with E-state index in [-0.39, 0.29) is 5.41 Å². The Labute approximate surface area is 135 Å². The molecule has 112 valence electrons. The molecule has 0 fully saturated rings. The predicted molar refractivity (Wildman–Crippen MR) is 91.9 cm³/mol. The van der Waals surface area contributed by atoms with E-state index in [9.17, 15) is 0 Å². The molecule has 0 aliphatic heterocycles. The fourth-order valence-corrected chi connectivity index (χ4v) is 2.52. The van der Waals surface area contributed by atoms with Crippen molar-refractivity contribution in [3.8, 4) is 11.5 Å². The summed E-state index contributed by atoms with van der Waals surface area (Å²) in [6, 6.07) is 14.2. The fourth-order valence-electron chi connectivity index (χ4n) is 2.11. The molecule has 0 spiro atoms. The molecule has 0 unspecified atom stereocenters. The zero-order chi connectivity index (χ0) is 15.5. The van der Waals surface area contributed by atoms with Gasteiger partial charge >= 0.3 is 0 Å². The molecular formula is C18H22BrNO. The maximum Gasteiger partial charge on any atom is 0.131 e. The molecule has 3 heteroatoms. The van der Waals surface area contributed by atoms with Crippen LogP contribution in [-0.2, 0) is 12.0 Å². The van der Waals surface area contributed by atoms with Gasteiger partial charge in [0.1, 0.15) is 11.5 Å². The zero-order valence-electron chi connectivity index (χ0n) is 12.8. The summed E-state index contributed by atoms with van der Waals surface area (Å²) in [5.74, 6) is 1.64. The van der Waals surface area contributed by atoms with Gasteiger partial charge in [0.25, 0.3) is 0 Å². The molecule has 21 heavy (non-hydrogen) atoms. The first-order valence-corrected chi connectivity index (χ1v) is 8.02. The molecule has 2 N–H and O–H groups in total. The second-order valence-corrected chi connectivity index (χ2v) is 6.74. The van der Waals surface area contributed by atoms with E-state index in [2.05, 4.69) is 48.8 Å². The normalized spacial score (nSPS) is 11.5. The third kappa shape index (κ3) is 3.86. The average molecular weight is 348 g/mol. The fraction of sp³-hybridized carbons (Fsp3) is 0.333. The Kier molecular flexibility index (Phi) is 5.07. The summed E-state index contributed by atoms with van der Waals surface area (Å²) in [6.45, 7) is 7.17. The lowest BCUT2D eigenvalue weighted by atomic mass is 9.82. The number of rotatable bonds is 5. The van der Waals surface area contributed by atoms with E-state index in [0.717, 1.165) is 28.0 Å². The Balaban J connectivity index is 2.21. The van der Waals surface area contributed by atoms with Crippen LogP contribution >= 0.6 is 15.9 Å². The maximum atomic E-state index is 5.96. The minimum absolute atomic E-state index is 0.193. The quantitative estimate of drug-likeness (QED) is 0.786. The van der Waals surface area contributed by atoms with E-state index in [4.69, 9.17) is 10.5 Å². The lowest BCUT2D eigenvalue weighted by Gasteiger charge is -2.23. The molecule has 0 aliphatic rings. The van der Waals surface area contributed by atoms with Crippen LogP contribution < -0.4 is 10.5 Å². The Bertz CT molecular complexity index is 605. The third-order valence-electron chi connectivity index (χ3n) is 3.99. The number of nitrogens with two attached hydrogens (primary N) is 1. The topological polar surface area (TPSA) is 35.2 Å². The zero-order valence-corrected chi connectivity index (χ0v) is 14.4. The molecule has 2 aromatic rings. The molecule has 2 rings (SSSR count). The summed E-state index contributed by atoms with van der Waals surface area (Å²) >= 11 is 3.45. The molecule has 0 heterocycles. The monoisotopic (exact) mass is 347 g/mol. The lowest BCUT2D eigenvalue weighted by Crippen LogP contribution is -2.14. The van der Waals surface area contributed by atoms with Gasteiger partial charge in [0.05, 0.1) is 0 Å². The molecule has 0 atom stereocenters. The first-order valence-electron chi connectivity index (χ1n) is 7.23. The van der Waals surface area contributed by atoms with Gasteiger partial charge in [-0.1, -0.05) is 48.8 Å². The first-order chi connectivity index (χ1) is 9.96. The molecule has 0 bridgehead atoms. The van der Waals surface area contributed by atoms with Crippen LogP contribution in [0.5, 0.6) is 11.5 Å². The summed E-state index contributed by atoms with van der Waals surface area (Å²) < 4.78 is 6.97. The van der Waals surface area contributed by atoms with Crippen molar-refractivity contribution in [1.29, 1.82) is 0 Å². The van der Waals surface area contributed by atoms with Crippen molar-refractivity contribution in [2.24, 2.45) is 5.73 Å². The van der Waals surface area contributed by atoms with Gasteiger partial charge < -0.3 is 10.5 Å².